The molecule has 0 unspecified atom stereocenters. The number of hydrogen-bond donors (Lipinski definition) is 0. The number of aryl methyl sites for hydroxylation is 1. The lowest BCUT2D eigenvalue weighted by atomic mass is 9.97. The number of amides is 1. The molecule has 0 N–H and O–H groups in total. The molecule has 1 aromatic carbocycles. The van der Waals surface area contributed by atoms with Gasteiger partial charge in [-0.25, -0.2) is 9.97 Å². The van der Waals surface area contributed by atoms with Crippen LogP contribution in [-0.4, -0.2) is 27.3 Å². The van der Waals surface area contributed by atoms with Crippen LogP contribution in [0.3, 0.4) is 0 Å². The molecule has 5 heteroatoms. The van der Waals surface area contributed by atoms with E-state index in [0.29, 0.717) is 17.5 Å². The van der Waals surface area contributed by atoms with Crippen molar-refractivity contribution in [2.45, 2.75) is 52.0 Å². The molecule has 2 aromatic rings. The van der Waals surface area contributed by atoms with Crippen molar-refractivity contribution in [1.82, 2.24) is 14.9 Å². The quantitative estimate of drug-likeness (QED) is 0.803. The summed E-state index contributed by atoms with van der Waals surface area (Å²) in [6, 6.07) is 7.78. The second-order valence-electron chi connectivity index (χ2n) is 7.27. The lowest BCUT2D eigenvalue weighted by molar-refractivity contribution is -0.136. The van der Waals surface area contributed by atoms with Crippen molar-refractivity contribution in [3.05, 3.63) is 46.4 Å². The summed E-state index contributed by atoms with van der Waals surface area (Å²) in [6.45, 7) is 3.46. The number of hydrogen-bond acceptors (Lipinski definition) is 3. The van der Waals surface area contributed by atoms with Gasteiger partial charge in [0.1, 0.15) is 5.82 Å². The molecule has 4 nitrogen and oxygen atoms in total. The summed E-state index contributed by atoms with van der Waals surface area (Å²) in [4.78, 5) is 24.5. The van der Waals surface area contributed by atoms with E-state index in [9.17, 15) is 4.79 Å². The zero-order valence-corrected chi connectivity index (χ0v) is 15.9. The molecule has 2 heterocycles. The Morgan fingerprint density at radius 1 is 1.19 bits per heavy atom. The van der Waals surface area contributed by atoms with Gasteiger partial charge >= 0.3 is 0 Å². The van der Waals surface area contributed by atoms with Gasteiger partial charge in [0.2, 0.25) is 5.91 Å². The van der Waals surface area contributed by atoms with Crippen LogP contribution >= 0.6 is 11.6 Å². The van der Waals surface area contributed by atoms with Crippen LogP contribution in [0.15, 0.2) is 24.3 Å². The maximum atomic E-state index is 12.9. The Hall–Kier alpha value is -1.94. The Bertz CT molecular complexity index is 813. The van der Waals surface area contributed by atoms with Crippen molar-refractivity contribution in [3.63, 3.8) is 0 Å². The smallest absolute Gasteiger partial charge is 0.225 e. The van der Waals surface area contributed by atoms with E-state index in [4.69, 9.17) is 21.6 Å². The minimum atomic E-state index is 0.214. The molecule has 1 aromatic heterocycles. The first-order chi connectivity index (χ1) is 12.7. The fourth-order valence-electron chi connectivity index (χ4n) is 4.09. The number of benzene rings is 1. The molecule has 2 aliphatic rings. The zero-order valence-electron chi connectivity index (χ0n) is 15.2. The summed E-state index contributed by atoms with van der Waals surface area (Å²) in [5.74, 6) is 1.39. The van der Waals surface area contributed by atoms with Gasteiger partial charge in [-0.15, -0.1) is 0 Å². The van der Waals surface area contributed by atoms with Gasteiger partial charge in [-0.1, -0.05) is 43.5 Å². The second-order valence-corrected chi connectivity index (χ2v) is 7.70. The lowest BCUT2D eigenvalue weighted by Gasteiger charge is -2.31. The van der Waals surface area contributed by atoms with Crippen molar-refractivity contribution in [3.8, 4) is 11.3 Å². The Kier molecular flexibility index (Phi) is 4.94. The summed E-state index contributed by atoms with van der Waals surface area (Å²) in [5.41, 5.74) is 4.18. The van der Waals surface area contributed by atoms with E-state index in [-0.39, 0.29) is 5.92 Å². The van der Waals surface area contributed by atoms with E-state index in [2.05, 4.69) is 6.92 Å². The average Bonchev–Trinajstić information content (AvgIpc) is 3.21. The molecule has 4 rings (SSSR count). The van der Waals surface area contributed by atoms with E-state index in [1.54, 1.807) is 0 Å². The third kappa shape index (κ3) is 3.35. The molecule has 0 bridgehead atoms. The monoisotopic (exact) mass is 369 g/mol. The molecule has 0 atom stereocenters. The van der Waals surface area contributed by atoms with Gasteiger partial charge in [0.25, 0.3) is 0 Å². The Balaban J connectivity index is 1.70. The number of carbonyl (C=O) groups is 1. The van der Waals surface area contributed by atoms with Gasteiger partial charge < -0.3 is 4.90 Å². The minimum absolute atomic E-state index is 0.214. The van der Waals surface area contributed by atoms with Crippen molar-refractivity contribution in [2.75, 3.05) is 6.54 Å². The van der Waals surface area contributed by atoms with Gasteiger partial charge in [0.15, 0.2) is 0 Å². The molecule has 0 saturated heterocycles. The highest BCUT2D eigenvalue weighted by atomic mass is 35.5. The van der Waals surface area contributed by atoms with Crippen LogP contribution in [0.25, 0.3) is 11.3 Å². The summed E-state index contributed by atoms with van der Waals surface area (Å²) in [5, 5.41) is 0.713. The fourth-order valence-corrected chi connectivity index (χ4v) is 4.21. The highest BCUT2D eigenvalue weighted by Crippen LogP contribution is 2.32. The van der Waals surface area contributed by atoms with Crippen LogP contribution in [0.5, 0.6) is 0 Å². The molecule has 0 radical (unpaired) electrons. The average molecular weight is 370 g/mol. The molecular formula is C21H24ClN3O. The predicted molar refractivity (Wildman–Crippen MR) is 103 cm³/mol. The van der Waals surface area contributed by atoms with E-state index in [0.717, 1.165) is 60.6 Å². The van der Waals surface area contributed by atoms with Crippen molar-refractivity contribution in [2.24, 2.45) is 5.92 Å². The van der Waals surface area contributed by atoms with Crippen LogP contribution < -0.4 is 0 Å². The van der Waals surface area contributed by atoms with Gasteiger partial charge in [0.05, 0.1) is 11.4 Å². The van der Waals surface area contributed by atoms with Crippen molar-refractivity contribution < 1.29 is 4.79 Å². The SMILES string of the molecule is CCc1nc2c(c(-c3ccc(Cl)cc3)n1)CN(C(=O)C1CCCC1)CC2. The van der Waals surface area contributed by atoms with E-state index < -0.39 is 0 Å². The van der Waals surface area contributed by atoms with Gasteiger partial charge in [-0.05, 0) is 25.0 Å². The summed E-state index contributed by atoms with van der Waals surface area (Å²) in [6.07, 6.45) is 6.05. The maximum Gasteiger partial charge on any atom is 0.225 e. The molecule has 26 heavy (non-hydrogen) atoms. The van der Waals surface area contributed by atoms with Gasteiger partial charge in [0, 0.05) is 48.0 Å². The van der Waals surface area contributed by atoms with E-state index in [1.807, 2.05) is 29.2 Å². The number of nitrogens with zero attached hydrogens (tertiary/aromatic N) is 3. The predicted octanol–water partition coefficient (Wildman–Crippen LogP) is 4.43. The standard InChI is InChI=1S/C21H24ClN3O/c1-2-19-23-18-11-12-25(21(26)15-5-3-4-6-15)13-17(18)20(24-19)14-7-9-16(22)10-8-14/h7-10,15H,2-6,11-13H2,1H3. The highest BCUT2D eigenvalue weighted by molar-refractivity contribution is 6.30. The van der Waals surface area contributed by atoms with Crippen LogP contribution in [0.1, 0.15) is 49.7 Å². The molecule has 1 saturated carbocycles. The largest absolute Gasteiger partial charge is 0.338 e. The molecular weight excluding hydrogens is 346 g/mol. The first-order valence-electron chi connectivity index (χ1n) is 9.59. The van der Waals surface area contributed by atoms with Crippen LogP contribution in [-0.2, 0) is 24.2 Å². The van der Waals surface area contributed by atoms with Gasteiger partial charge in [-0.3, -0.25) is 4.79 Å². The highest BCUT2D eigenvalue weighted by Gasteiger charge is 2.31. The van der Waals surface area contributed by atoms with Crippen molar-refractivity contribution >= 4 is 17.5 Å². The minimum Gasteiger partial charge on any atom is -0.338 e. The zero-order chi connectivity index (χ0) is 18.1. The number of carbonyl (C=O) groups excluding carboxylic acids is 1. The number of halogens is 1. The third-order valence-corrected chi connectivity index (χ3v) is 5.81. The molecule has 1 amide bonds. The fraction of sp³-hybridized carbons (Fsp3) is 0.476. The van der Waals surface area contributed by atoms with Crippen LogP contribution in [0.4, 0.5) is 0 Å². The Morgan fingerprint density at radius 3 is 2.62 bits per heavy atom. The second kappa shape index (κ2) is 7.36. The molecule has 1 aliphatic heterocycles. The van der Waals surface area contributed by atoms with E-state index >= 15 is 0 Å². The Morgan fingerprint density at radius 2 is 1.92 bits per heavy atom. The van der Waals surface area contributed by atoms with E-state index in [1.165, 1.54) is 12.8 Å². The summed E-state index contributed by atoms with van der Waals surface area (Å²) >= 11 is 6.05. The topological polar surface area (TPSA) is 46.1 Å². The molecule has 1 aliphatic carbocycles. The number of fused-ring (bicyclic) bond motifs is 1. The first kappa shape index (κ1) is 17.5. The molecule has 136 valence electrons. The number of rotatable bonds is 3. The van der Waals surface area contributed by atoms with Crippen molar-refractivity contribution in [1.29, 1.82) is 0 Å². The summed E-state index contributed by atoms with van der Waals surface area (Å²) in [7, 11) is 0. The molecule has 0 spiro atoms. The maximum absolute atomic E-state index is 12.9. The molecule has 1 fully saturated rings. The number of aromatic nitrogens is 2. The third-order valence-electron chi connectivity index (χ3n) is 5.56. The first-order valence-corrected chi connectivity index (χ1v) is 9.97. The lowest BCUT2D eigenvalue weighted by Crippen LogP contribution is -2.40. The summed E-state index contributed by atoms with van der Waals surface area (Å²) < 4.78 is 0. The van der Waals surface area contributed by atoms with Gasteiger partial charge in [-0.2, -0.15) is 0 Å². The van der Waals surface area contributed by atoms with Crippen LogP contribution in [0, 0.1) is 5.92 Å². The normalized spacial score (nSPS) is 17.4. The van der Waals surface area contributed by atoms with Crippen LogP contribution in [0.2, 0.25) is 5.02 Å². The Labute approximate surface area is 159 Å².